The first-order chi connectivity index (χ1) is 13.6. The molecular formula is C22H19N3O2S. The van der Waals surface area contributed by atoms with Crippen LogP contribution in [-0.2, 0) is 6.61 Å². The third-order valence-corrected chi connectivity index (χ3v) is 5.31. The van der Waals surface area contributed by atoms with Crippen molar-refractivity contribution in [1.29, 1.82) is 0 Å². The number of fused-ring (bicyclic) bond motifs is 1. The standard InChI is InChI=1S/C22H19N3O2S/c1-24(15-7-3-2-4-8-15)22(28)20-18(14-26)17-13-16(25-11-5-6-12-25)9-10-19(17)23-21(20)27/h2-13,26H,14H2,1H3,(H,23,27). The Morgan fingerprint density at radius 2 is 1.82 bits per heavy atom. The van der Waals surface area contributed by atoms with Crippen LogP contribution in [-0.4, -0.2) is 26.7 Å². The van der Waals surface area contributed by atoms with Crippen molar-refractivity contribution in [2.75, 3.05) is 11.9 Å². The van der Waals surface area contributed by atoms with E-state index in [1.807, 2.05) is 84.7 Å². The van der Waals surface area contributed by atoms with Crippen LogP contribution in [0.25, 0.3) is 16.6 Å². The second kappa shape index (κ2) is 7.42. The Labute approximate surface area is 167 Å². The molecule has 2 aromatic carbocycles. The molecule has 0 aliphatic carbocycles. The number of benzene rings is 2. The lowest BCUT2D eigenvalue weighted by atomic mass is 10.0. The molecule has 4 aromatic rings. The van der Waals surface area contributed by atoms with Gasteiger partial charge in [0.15, 0.2) is 0 Å². The van der Waals surface area contributed by atoms with Gasteiger partial charge in [0.25, 0.3) is 5.56 Å². The third kappa shape index (κ3) is 3.13. The quantitative estimate of drug-likeness (QED) is 0.524. The molecule has 0 saturated heterocycles. The highest BCUT2D eigenvalue weighted by Crippen LogP contribution is 2.24. The van der Waals surface area contributed by atoms with Crippen molar-refractivity contribution in [1.82, 2.24) is 9.55 Å². The van der Waals surface area contributed by atoms with Crippen molar-refractivity contribution in [3.8, 4) is 5.69 Å². The van der Waals surface area contributed by atoms with Crippen LogP contribution in [0.5, 0.6) is 0 Å². The van der Waals surface area contributed by atoms with Gasteiger partial charge in [0.05, 0.1) is 12.2 Å². The first-order valence-electron chi connectivity index (χ1n) is 8.86. The number of anilines is 1. The minimum absolute atomic E-state index is 0.284. The van der Waals surface area contributed by atoms with E-state index in [2.05, 4.69) is 4.98 Å². The molecule has 4 rings (SSSR count). The van der Waals surface area contributed by atoms with Crippen LogP contribution in [0, 0.1) is 0 Å². The molecule has 2 N–H and O–H groups in total. The van der Waals surface area contributed by atoms with Crippen LogP contribution < -0.4 is 10.5 Å². The summed E-state index contributed by atoms with van der Waals surface area (Å²) in [5.41, 5.74) is 3.02. The van der Waals surface area contributed by atoms with Crippen molar-refractivity contribution in [2.24, 2.45) is 0 Å². The fraction of sp³-hybridized carbons (Fsp3) is 0.0909. The smallest absolute Gasteiger partial charge is 0.259 e. The zero-order chi connectivity index (χ0) is 19.7. The summed E-state index contributed by atoms with van der Waals surface area (Å²) in [4.78, 5) is 17.9. The molecule has 0 aliphatic rings. The number of H-pyrrole nitrogens is 1. The highest BCUT2D eigenvalue weighted by Gasteiger charge is 2.20. The molecular weight excluding hydrogens is 370 g/mol. The van der Waals surface area contributed by atoms with Crippen molar-refractivity contribution < 1.29 is 5.11 Å². The number of aromatic nitrogens is 2. The lowest BCUT2D eigenvalue weighted by Crippen LogP contribution is -2.32. The first kappa shape index (κ1) is 18.2. The summed E-state index contributed by atoms with van der Waals surface area (Å²) in [6, 6.07) is 19.2. The van der Waals surface area contributed by atoms with Gasteiger partial charge in [-0.15, -0.1) is 0 Å². The van der Waals surface area contributed by atoms with Crippen molar-refractivity contribution in [3.05, 3.63) is 94.5 Å². The zero-order valence-electron chi connectivity index (χ0n) is 15.3. The van der Waals surface area contributed by atoms with E-state index in [9.17, 15) is 9.90 Å². The average Bonchev–Trinajstić information content (AvgIpc) is 3.27. The van der Waals surface area contributed by atoms with Crippen LogP contribution in [0.3, 0.4) is 0 Å². The third-order valence-electron chi connectivity index (χ3n) is 4.83. The van der Waals surface area contributed by atoms with Gasteiger partial charge >= 0.3 is 0 Å². The maximum Gasteiger partial charge on any atom is 0.259 e. The molecule has 0 fully saturated rings. The van der Waals surface area contributed by atoms with Crippen molar-refractivity contribution in [2.45, 2.75) is 6.61 Å². The molecule has 0 radical (unpaired) electrons. The molecule has 5 nitrogen and oxygen atoms in total. The van der Waals surface area contributed by atoms with Crippen LogP contribution in [0.1, 0.15) is 11.1 Å². The fourth-order valence-corrected chi connectivity index (χ4v) is 3.66. The summed E-state index contributed by atoms with van der Waals surface area (Å²) in [6.45, 7) is -0.284. The van der Waals surface area contributed by atoms with E-state index in [1.54, 1.807) is 4.90 Å². The molecule has 0 aliphatic heterocycles. The van der Waals surface area contributed by atoms with Gasteiger partial charge in [-0.1, -0.05) is 30.4 Å². The second-order valence-corrected chi connectivity index (χ2v) is 6.87. The molecule has 140 valence electrons. The number of nitrogens with zero attached hydrogens (tertiary/aromatic N) is 2. The first-order valence-corrected chi connectivity index (χ1v) is 9.27. The highest BCUT2D eigenvalue weighted by atomic mass is 32.1. The molecule has 2 heterocycles. The van der Waals surface area contributed by atoms with Gasteiger partial charge in [-0.05, 0) is 42.5 Å². The van der Waals surface area contributed by atoms with Crippen LogP contribution in [0.4, 0.5) is 5.69 Å². The van der Waals surface area contributed by atoms with Gasteiger partial charge in [0, 0.05) is 47.3 Å². The zero-order valence-corrected chi connectivity index (χ0v) is 16.1. The van der Waals surface area contributed by atoms with Gasteiger partial charge < -0.3 is 19.6 Å². The maximum atomic E-state index is 12.8. The molecule has 0 unspecified atom stereocenters. The predicted octanol–water partition coefficient (Wildman–Crippen LogP) is 3.62. The number of hydrogen-bond donors (Lipinski definition) is 2. The van der Waals surface area contributed by atoms with E-state index in [0.29, 0.717) is 21.6 Å². The minimum Gasteiger partial charge on any atom is -0.392 e. The molecule has 6 heteroatoms. The molecule has 0 amide bonds. The van der Waals surface area contributed by atoms with E-state index >= 15 is 0 Å². The highest BCUT2D eigenvalue weighted by molar-refractivity contribution is 7.81. The van der Waals surface area contributed by atoms with Gasteiger partial charge in [-0.2, -0.15) is 0 Å². The summed E-state index contributed by atoms with van der Waals surface area (Å²) in [5, 5.41) is 10.9. The normalized spacial score (nSPS) is 10.9. The van der Waals surface area contributed by atoms with Crippen molar-refractivity contribution in [3.63, 3.8) is 0 Å². The summed E-state index contributed by atoms with van der Waals surface area (Å²) in [6.07, 6.45) is 3.89. The molecule has 0 spiro atoms. The van der Waals surface area contributed by atoms with Gasteiger partial charge in [0.2, 0.25) is 0 Å². The number of rotatable bonds is 4. The molecule has 0 saturated carbocycles. The molecule has 0 bridgehead atoms. The maximum absolute atomic E-state index is 12.8. The lowest BCUT2D eigenvalue weighted by Gasteiger charge is -2.22. The number of pyridine rings is 1. The number of hydrogen-bond acceptors (Lipinski definition) is 3. The largest absolute Gasteiger partial charge is 0.392 e. The second-order valence-electron chi connectivity index (χ2n) is 6.49. The summed E-state index contributed by atoms with van der Waals surface area (Å²) < 4.78 is 1.97. The SMILES string of the molecule is CN(C(=S)c1c(CO)c2cc(-n3cccc3)ccc2[nH]c1=O)c1ccccc1. The number of aliphatic hydroxyl groups excluding tert-OH is 1. The Morgan fingerprint density at radius 3 is 2.50 bits per heavy atom. The van der Waals surface area contributed by atoms with E-state index in [0.717, 1.165) is 16.8 Å². The van der Waals surface area contributed by atoms with E-state index < -0.39 is 0 Å². The van der Waals surface area contributed by atoms with Crippen LogP contribution >= 0.6 is 12.2 Å². The summed E-state index contributed by atoms with van der Waals surface area (Å²) in [7, 11) is 1.82. The van der Waals surface area contributed by atoms with Gasteiger partial charge in [0.1, 0.15) is 4.99 Å². The van der Waals surface area contributed by atoms with Crippen LogP contribution in [0.2, 0.25) is 0 Å². The van der Waals surface area contributed by atoms with Gasteiger partial charge in [-0.25, -0.2) is 0 Å². The molecule has 2 aromatic heterocycles. The predicted molar refractivity (Wildman–Crippen MR) is 116 cm³/mol. The summed E-state index contributed by atoms with van der Waals surface area (Å²) in [5.74, 6) is 0. The number of aromatic amines is 1. The Morgan fingerprint density at radius 1 is 1.11 bits per heavy atom. The van der Waals surface area contributed by atoms with E-state index in [-0.39, 0.29) is 12.2 Å². The van der Waals surface area contributed by atoms with E-state index in [4.69, 9.17) is 12.2 Å². The summed E-state index contributed by atoms with van der Waals surface area (Å²) >= 11 is 5.63. The van der Waals surface area contributed by atoms with Gasteiger partial charge in [-0.3, -0.25) is 4.79 Å². The van der Waals surface area contributed by atoms with Crippen LogP contribution in [0.15, 0.2) is 77.9 Å². The molecule has 0 atom stereocenters. The topological polar surface area (TPSA) is 61.3 Å². The number of para-hydroxylation sites is 1. The molecule has 28 heavy (non-hydrogen) atoms. The Kier molecular flexibility index (Phi) is 4.81. The Bertz CT molecular complexity index is 1200. The number of aliphatic hydroxyl groups is 1. The fourth-order valence-electron chi connectivity index (χ4n) is 3.34. The number of thiocarbonyl (C=S) groups is 1. The number of nitrogens with one attached hydrogen (secondary N) is 1. The van der Waals surface area contributed by atoms with E-state index in [1.165, 1.54) is 0 Å². The monoisotopic (exact) mass is 389 g/mol. The minimum atomic E-state index is -0.307. The average molecular weight is 389 g/mol. The van der Waals surface area contributed by atoms with Crippen molar-refractivity contribution >= 4 is 33.8 Å². The Balaban J connectivity index is 1.89. The Hall–Kier alpha value is -3.22. The lowest BCUT2D eigenvalue weighted by molar-refractivity contribution is 0.283.